The molecule has 1 atom stereocenters. The van der Waals surface area contributed by atoms with Crippen molar-refractivity contribution in [2.75, 3.05) is 18.1 Å². The summed E-state index contributed by atoms with van der Waals surface area (Å²) in [5.74, 6) is 0.537. The fourth-order valence-corrected chi connectivity index (χ4v) is 4.74. The molecule has 0 N–H and O–H groups in total. The van der Waals surface area contributed by atoms with Gasteiger partial charge in [-0.1, -0.05) is 48.0 Å². The number of amides is 1. The van der Waals surface area contributed by atoms with Gasteiger partial charge in [0.05, 0.1) is 23.6 Å². The summed E-state index contributed by atoms with van der Waals surface area (Å²) >= 11 is 12.4. The number of benzene rings is 3. The molecule has 2 heterocycles. The maximum atomic E-state index is 13.8. The van der Waals surface area contributed by atoms with E-state index in [1.807, 2.05) is 6.92 Å². The van der Waals surface area contributed by atoms with Gasteiger partial charge in [-0.15, -0.1) is 0 Å². The summed E-state index contributed by atoms with van der Waals surface area (Å²) < 4.78 is 17.5. The van der Waals surface area contributed by atoms with Gasteiger partial charge in [-0.25, -0.2) is 0 Å². The van der Waals surface area contributed by atoms with Gasteiger partial charge in [-0.2, -0.15) is 0 Å². The van der Waals surface area contributed by atoms with Crippen LogP contribution in [0, 0.1) is 0 Å². The molecule has 8 heteroatoms. The first-order chi connectivity index (χ1) is 17.4. The van der Waals surface area contributed by atoms with Crippen molar-refractivity contribution in [3.05, 3.63) is 110 Å². The molecule has 0 radical (unpaired) electrons. The Hall–Kier alpha value is -3.74. The highest BCUT2D eigenvalue weighted by molar-refractivity contribution is 6.31. The van der Waals surface area contributed by atoms with E-state index in [0.717, 1.165) is 0 Å². The maximum absolute atomic E-state index is 13.8. The summed E-state index contributed by atoms with van der Waals surface area (Å²) in [6.45, 7) is 6.24. The Morgan fingerprint density at radius 1 is 1.00 bits per heavy atom. The van der Waals surface area contributed by atoms with E-state index >= 15 is 0 Å². The van der Waals surface area contributed by atoms with E-state index in [1.165, 1.54) is 4.90 Å². The Labute approximate surface area is 217 Å². The van der Waals surface area contributed by atoms with E-state index in [9.17, 15) is 9.59 Å². The Bertz CT molecular complexity index is 1560. The van der Waals surface area contributed by atoms with Gasteiger partial charge < -0.3 is 13.9 Å². The van der Waals surface area contributed by atoms with E-state index < -0.39 is 11.9 Å². The normalized spacial score (nSPS) is 14.7. The molecular weight excluding hydrogens is 501 g/mol. The molecular formula is C28H21Cl2NO5. The van der Waals surface area contributed by atoms with Gasteiger partial charge in [0.1, 0.15) is 12.2 Å². The van der Waals surface area contributed by atoms with Gasteiger partial charge in [0, 0.05) is 15.7 Å². The summed E-state index contributed by atoms with van der Waals surface area (Å²) in [6, 6.07) is 16.2. The molecule has 1 amide bonds. The van der Waals surface area contributed by atoms with Crippen LogP contribution >= 0.6 is 23.2 Å². The third kappa shape index (κ3) is 4.12. The lowest BCUT2D eigenvalue weighted by atomic mass is 9.97. The van der Waals surface area contributed by atoms with Crippen molar-refractivity contribution in [2.45, 2.75) is 13.0 Å². The SMILES string of the molecule is C=CCOc1ccc(C2c3c(oc4ccc(Cl)cc4c3=O)C(=O)N2c2cccc(Cl)c2)cc1OCC. The third-order valence-corrected chi connectivity index (χ3v) is 6.33. The third-order valence-electron chi connectivity index (χ3n) is 5.86. The number of hydrogen-bond donors (Lipinski definition) is 0. The van der Waals surface area contributed by atoms with Crippen LogP contribution in [0.4, 0.5) is 5.69 Å². The van der Waals surface area contributed by atoms with E-state index in [4.69, 9.17) is 37.1 Å². The summed E-state index contributed by atoms with van der Waals surface area (Å²) in [6.07, 6.45) is 1.64. The van der Waals surface area contributed by atoms with Crippen LogP contribution < -0.4 is 19.8 Å². The Morgan fingerprint density at radius 3 is 2.56 bits per heavy atom. The van der Waals surface area contributed by atoms with Gasteiger partial charge in [-0.05, 0) is 61.0 Å². The molecule has 1 unspecified atom stereocenters. The zero-order valence-electron chi connectivity index (χ0n) is 19.3. The van der Waals surface area contributed by atoms with Crippen molar-refractivity contribution in [1.82, 2.24) is 0 Å². The van der Waals surface area contributed by atoms with E-state index in [1.54, 1.807) is 66.7 Å². The number of halogens is 2. The highest BCUT2D eigenvalue weighted by Crippen LogP contribution is 2.43. The van der Waals surface area contributed by atoms with Crippen molar-refractivity contribution in [2.24, 2.45) is 0 Å². The van der Waals surface area contributed by atoms with Crippen LogP contribution in [0.3, 0.4) is 0 Å². The van der Waals surface area contributed by atoms with Crippen LogP contribution in [0.1, 0.15) is 34.6 Å². The van der Waals surface area contributed by atoms with Gasteiger partial charge in [0.25, 0.3) is 5.91 Å². The first-order valence-corrected chi connectivity index (χ1v) is 12.0. The zero-order valence-corrected chi connectivity index (χ0v) is 20.8. The van der Waals surface area contributed by atoms with Gasteiger partial charge in [0.2, 0.25) is 5.76 Å². The lowest BCUT2D eigenvalue weighted by Crippen LogP contribution is -2.29. The van der Waals surface area contributed by atoms with Crippen LogP contribution in [0.15, 0.2) is 82.5 Å². The molecule has 0 saturated heterocycles. The molecule has 6 nitrogen and oxygen atoms in total. The minimum absolute atomic E-state index is 0.0234. The molecule has 0 bridgehead atoms. The molecule has 182 valence electrons. The highest BCUT2D eigenvalue weighted by atomic mass is 35.5. The largest absolute Gasteiger partial charge is 0.490 e. The Kier molecular flexibility index (Phi) is 6.48. The maximum Gasteiger partial charge on any atom is 0.295 e. The second-order valence-corrected chi connectivity index (χ2v) is 8.98. The minimum Gasteiger partial charge on any atom is -0.490 e. The van der Waals surface area contributed by atoms with Gasteiger partial charge in [-0.3, -0.25) is 14.5 Å². The summed E-state index contributed by atoms with van der Waals surface area (Å²) in [5.41, 5.74) is 1.34. The molecule has 3 aromatic carbocycles. The van der Waals surface area contributed by atoms with Gasteiger partial charge >= 0.3 is 0 Å². The number of carbonyl (C=O) groups excluding carboxylic acids is 1. The standard InChI is InChI=1S/C28H21Cl2NO5/c1-3-12-35-22-10-8-16(13-23(22)34-4-2)25-24-26(32)20-15-18(30)9-11-21(20)36-27(24)28(33)31(25)19-7-5-6-17(29)14-19/h3,5-11,13-15,25H,1,4,12H2,2H3. The van der Waals surface area contributed by atoms with E-state index in [2.05, 4.69) is 6.58 Å². The predicted molar refractivity (Wildman–Crippen MR) is 141 cm³/mol. The zero-order chi connectivity index (χ0) is 25.4. The molecule has 5 rings (SSSR count). The fraction of sp³-hybridized carbons (Fsp3) is 0.143. The molecule has 0 saturated carbocycles. The number of hydrogen-bond acceptors (Lipinski definition) is 5. The van der Waals surface area contributed by atoms with Crippen LogP contribution in [-0.4, -0.2) is 19.1 Å². The first kappa shape index (κ1) is 24.0. The quantitative estimate of drug-likeness (QED) is 0.250. The molecule has 1 aliphatic rings. The van der Waals surface area contributed by atoms with Gasteiger partial charge in [0.15, 0.2) is 16.9 Å². The molecule has 4 aromatic rings. The van der Waals surface area contributed by atoms with E-state index in [-0.39, 0.29) is 22.3 Å². The highest BCUT2D eigenvalue weighted by Gasteiger charge is 2.44. The first-order valence-electron chi connectivity index (χ1n) is 11.3. The molecule has 0 fully saturated rings. The summed E-state index contributed by atoms with van der Waals surface area (Å²) in [7, 11) is 0. The van der Waals surface area contributed by atoms with Crippen molar-refractivity contribution in [3.8, 4) is 11.5 Å². The van der Waals surface area contributed by atoms with Crippen LogP contribution in [0.5, 0.6) is 11.5 Å². The number of carbonyl (C=O) groups is 1. The summed E-state index contributed by atoms with van der Waals surface area (Å²) in [5, 5.41) is 1.14. The summed E-state index contributed by atoms with van der Waals surface area (Å²) in [4.78, 5) is 29.0. The molecule has 0 spiro atoms. The number of ether oxygens (including phenoxy) is 2. The second-order valence-electron chi connectivity index (χ2n) is 8.11. The van der Waals surface area contributed by atoms with Crippen molar-refractivity contribution in [3.63, 3.8) is 0 Å². The van der Waals surface area contributed by atoms with E-state index in [0.29, 0.717) is 51.4 Å². The number of fused-ring (bicyclic) bond motifs is 2. The van der Waals surface area contributed by atoms with Crippen molar-refractivity contribution in [1.29, 1.82) is 0 Å². The van der Waals surface area contributed by atoms with Crippen molar-refractivity contribution < 1.29 is 18.7 Å². The Morgan fingerprint density at radius 2 is 1.81 bits per heavy atom. The molecule has 0 aliphatic carbocycles. The predicted octanol–water partition coefficient (Wildman–Crippen LogP) is 6.81. The number of rotatable bonds is 7. The Balaban J connectivity index is 1.76. The van der Waals surface area contributed by atoms with Crippen LogP contribution in [0.25, 0.3) is 11.0 Å². The number of nitrogens with zero attached hydrogens (tertiary/aromatic N) is 1. The molecule has 1 aromatic heterocycles. The monoisotopic (exact) mass is 521 g/mol. The topological polar surface area (TPSA) is 69.0 Å². The fourth-order valence-electron chi connectivity index (χ4n) is 4.38. The van der Waals surface area contributed by atoms with Crippen molar-refractivity contribution >= 4 is 45.8 Å². The lowest BCUT2D eigenvalue weighted by molar-refractivity contribution is 0.0971. The lowest BCUT2D eigenvalue weighted by Gasteiger charge is -2.26. The average molecular weight is 522 g/mol. The molecule has 36 heavy (non-hydrogen) atoms. The van der Waals surface area contributed by atoms with Crippen LogP contribution in [-0.2, 0) is 0 Å². The second kappa shape index (κ2) is 9.72. The minimum atomic E-state index is -0.793. The number of anilines is 1. The van der Waals surface area contributed by atoms with Crippen LogP contribution in [0.2, 0.25) is 10.0 Å². The average Bonchev–Trinajstić information content (AvgIpc) is 3.16. The smallest absolute Gasteiger partial charge is 0.295 e. The molecule has 1 aliphatic heterocycles.